The molecule has 0 unspecified atom stereocenters. The minimum Gasteiger partial charge on any atom is -0.389 e. The summed E-state index contributed by atoms with van der Waals surface area (Å²) in [5.74, 6) is 0. The highest BCUT2D eigenvalue weighted by atomic mass is 35.5. The van der Waals surface area contributed by atoms with Crippen molar-refractivity contribution < 1.29 is 18.0 Å². The van der Waals surface area contributed by atoms with Crippen LogP contribution in [-0.2, 0) is 17.6 Å². The van der Waals surface area contributed by atoms with Crippen LogP contribution in [0.4, 0.5) is 13.2 Å². The number of halogens is 6. The molecule has 23 heavy (non-hydrogen) atoms. The molecule has 9 heteroatoms. The van der Waals surface area contributed by atoms with Crippen LogP contribution in [0.1, 0.15) is 16.8 Å². The number of nitrogens with zero attached hydrogens (tertiary/aromatic N) is 2. The van der Waals surface area contributed by atoms with Crippen molar-refractivity contribution >= 4 is 41.0 Å². The summed E-state index contributed by atoms with van der Waals surface area (Å²) < 4.78 is 37.5. The third-order valence-corrected chi connectivity index (χ3v) is 3.69. The Hall–Kier alpha value is -1.50. The Bertz CT molecular complexity index is 715. The quantitative estimate of drug-likeness (QED) is 0.508. The molecule has 0 saturated carbocycles. The van der Waals surface area contributed by atoms with Crippen LogP contribution in [0.25, 0.3) is 0 Å². The van der Waals surface area contributed by atoms with E-state index in [0.29, 0.717) is 21.8 Å². The van der Waals surface area contributed by atoms with Crippen LogP contribution in [0.5, 0.6) is 0 Å². The van der Waals surface area contributed by atoms with E-state index in [1.807, 2.05) is 0 Å². The first-order valence-corrected chi connectivity index (χ1v) is 7.23. The van der Waals surface area contributed by atoms with Crippen LogP contribution in [-0.4, -0.2) is 11.2 Å². The van der Waals surface area contributed by atoms with Gasteiger partial charge >= 0.3 is 6.18 Å². The molecule has 0 fully saturated rings. The second-order valence-corrected chi connectivity index (χ2v) is 5.52. The Morgan fingerprint density at radius 1 is 1.13 bits per heavy atom. The maximum absolute atomic E-state index is 12.5. The lowest BCUT2D eigenvalue weighted by Gasteiger charge is -2.08. The molecule has 1 aromatic heterocycles. The predicted molar refractivity (Wildman–Crippen MR) is 83.1 cm³/mol. The fourth-order valence-electron chi connectivity index (χ4n) is 1.55. The highest BCUT2D eigenvalue weighted by molar-refractivity contribution is 6.38. The van der Waals surface area contributed by atoms with Gasteiger partial charge in [-0.05, 0) is 18.2 Å². The van der Waals surface area contributed by atoms with E-state index < -0.39 is 11.7 Å². The first-order chi connectivity index (χ1) is 10.8. The molecule has 0 atom stereocenters. The predicted octanol–water partition coefficient (Wildman–Crippen LogP) is 5.61. The van der Waals surface area contributed by atoms with Gasteiger partial charge in [0, 0.05) is 11.8 Å². The van der Waals surface area contributed by atoms with Gasteiger partial charge in [-0.1, -0.05) is 46.0 Å². The largest absolute Gasteiger partial charge is 0.417 e. The van der Waals surface area contributed by atoms with Crippen molar-refractivity contribution in [2.45, 2.75) is 12.8 Å². The number of alkyl halides is 3. The molecule has 0 aliphatic heterocycles. The van der Waals surface area contributed by atoms with Gasteiger partial charge < -0.3 is 4.84 Å². The van der Waals surface area contributed by atoms with E-state index >= 15 is 0 Å². The lowest BCUT2D eigenvalue weighted by molar-refractivity contribution is -0.137. The van der Waals surface area contributed by atoms with Crippen molar-refractivity contribution in [3.05, 3.63) is 62.4 Å². The first kappa shape index (κ1) is 17.8. The fraction of sp³-hybridized carbons (Fsp3) is 0.143. The second-order valence-electron chi connectivity index (χ2n) is 4.29. The molecular formula is C14H8Cl3F3N2O. The average molecular weight is 384 g/mol. The summed E-state index contributed by atoms with van der Waals surface area (Å²) in [5.41, 5.74) is -0.345. The molecule has 1 heterocycles. The highest BCUT2D eigenvalue weighted by Crippen LogP contribution is 2.31. The minimum absolute atomic E-state index is 0.127. The Kier molecular flexibility index (Phi) is 5.73. The molecular weight excluding hydrogens is 376 g/mol. The maximum atomic E-state index is 12.5. The Morgan fingerprint density at radius 3 is 2.35 bits per heavy atom. The molecule has 0 saturated heterocycles. The molecule has 2 rings (SSSR count). The zero-order valence-electron chi connectivity index (χ0n) is 11.2. The van der Waals surface area contributed by atoms with Crippen LogP contribution < -0.4 is 0 Å². The summed E-state index contributed by atoms with van der Waals surface area (Å²) >= 11 is 17.6. The van der Waals surface area contributed by atoms with Gasteiger partial charge in [0.25, 0.3) is 0 Å². The SMILES string of the molecule is FC(F)(F)c1cnc(CO/N=C/c2c(Cl)cccc2Cl)c(Cl)c1. The smallest absolute Gasteiger partial charge is 0.389 e. The molecule has 3 nitrogen and oxygen atoms in total. The summed E-state index contributed by atoms with van der Waals surface area (Å²) in [7, 11) is 0. The molecule has 0 aliphatic carbocycles. The summed E-state index contributed by atoms with van der Waals surface area (Å²) in [6.45, 7) is -0.199. The molecule has 122 valence electrons. The summed E-state index contributed by atoms with van der Waals surface area (Å²) in [6.07, 6.45) is -2.53. The zero-order valence-corrected chi connectivity index (χ0v) is 13.5. The second kappa shape index (κ2) is 7.38. The minimum atomic E-state index is -4.50. The van der Waals surface area contributed by atoms with Crippen molar-refractivity contribution in [2.75, 3.05) is 0 Å². The van der Waals surface area contributed by atoms with E-state index in [4.69, 9.17) is 39.6 Å². The van der Waals surface area contributed by atoms with E-state index in [9.17, 15) is 13.2 Å². The molecule has 0 radical (unpaired) electrons. The van der Waals surface area contributed by atoms with Crippen molar-refractivity contribution in [3.63, 3.8) is 0 Å². The van der Waals surface area contributed by atoms with Crippen molar-refractivity contribution in [2.24, 2.45) is 5.16 Å². The maximum Gasteiger partial charge on any atom is 0.417 e. The van der Waals surface area contributed by atoms with Gasteiger partial charge in [-0.25, -0.2) is 0 Å². The van der Waals surface area contributed by atoms with Crippen molar-refractivity contribution in [3.8, 4) is 0 Å². The van der Waals surface area contributed by atoms with Gasteiger partial charge in [0.1, 0.15) is 0 Å². The summed E-state index contributed by atoms with van der Waals surface area (Å²) in [6, 6.07) is 5.71. The molecule has 1 aromatic carbocycles. The van der Waals surface area contributed by atoms with E-state index in [1.165, 1.54) is 6.21 Å². The molecule has 0 amide bonds. The molecule has 0 aliphatic rings. The number of hydrogen-bond acceptors (Lipinski definition) is 3. The number of pyridine rings is 1. The summed E-state index contributed by atoms with van der Waals surface area (Å²) in [5, 5.41) is 4.26. The lowest BCUT2D eigenvalue weighted by atomic mass is 10.2. The van der Waals surface area contributed by atoms with Crippen molar-refractivity contribution in [1.29, 1.82) is 0 Å². The average Bonchev–Trinajstić information content (AvgIpc) is 2.46. The summed E-state index contributed by atoms with van der Waals surface area (Å²) in [4.78, 5) is 8.59. The van der Waals surface area contributed by atoms with Gasteiger partial charge in [-0.2, -0.15) is 13.2 Å². The van der Waals surface area contributed by atoms with Gasteiger partial charge in [0.05, 0.1) is 32.5 Å². The van der Waals surface area contributed by atoms with E-state index in [0.717, 1.165) is 6.07 Å². The molecule has 0 bridgehead atoms. The molecule has 0 spiro atoms. The fourth-order valence-corrected chi connectivity index (χ4v) is 2.27. The Balaban J connectivity index is 2.03. The first-order valence-electron chi connectivity index (χ1n) is 6.10. The number of aromatic nitrogens is 1. The monoisotopic (exact) mass is 382 g/mol. The number of rotatable bonds is 4. The van der Waals surface area contributed by atoms with Crippen LogP contribution in [0.15, 0.2) is 35.6 Å². The normalized spacial score (nSPS) is 11.9. The van der Waals surface area contributed by atoms with Gasteiger partial charge in [-0.15, -0.1) is 0 Å². The third kappa shape index (κ3) is 4.73. The van der Waals surface area contributed by atoms with Gasteiger partial charge in [0.15, 0.2) is 6.61 Å². The number of oxime groups is 1. The van der Waals surface area contributed by atoms with E-state index in [-0.39, 0.29) is 17.3 Å². The van der Waals surface area contributed by atoms with Crippen molar-refractivity contribution in [1.82, 2.24) is 4.98 Å². The van der Waals surface area contributed by atoms with Gasteiger partial charge in [-0.3, -0.25) is 4.98 Å². The van der Waals surface area contributed by atoms with E-state index in [2.05, 4.69) is 10.1 Å². The Labute approximate surface area is 144 Å². The lowest BCUT2D eigenvalue weighted by Crippen LogP contribution is -2.06. The molecule has 0 N–H and O–H groups in total. The van der Waals surface area contributed by atoms with Gasteiger partial charge in [0.2, 0.25) is 0 Å². The third-order valence-electron chi connectivity index (χ3n) is 2.70. The van der Waals surface area contributed by atoms with Crippen LogP contribution in [0, 0.1) is 0 Å². The van der Waals surface area contributed by atoms with Crippen LogP contribution in [0.3, 0.4) is 0 Å². The number of benzene rings is 1. The topological polar surface area (TPSA) is 34.5 Å². The number of hydrogen-bond donors (Lipinski definition) is 0. The molecule has 2 aromatic rings. The van der Waals surface area contributed by atoms with E-state index in [1.54, 1.807) is 18.2 Å². The van der Waals surface area contributed by atoms with Crippen LogP contribution >= 0.6 is 34.8 Å². The zero-order chi connectivity index (χ0) is 17.0. The standard InChI is InChI=1S/C14H8Cl3F3N2O/c15-10-2-1-3-11(16)9(10)6-22-23-7-13-12(17)4-8(5-21-13)14(18,19)20/h1-6H,7H2/b22-6+. The van der Waals surface area contributed by atoms with Crippen LogP contribution in [0.2, 0.25) is 15.1 Å². The highest BCUT2D eigenvalue weighted by Gasteiger charge is 2.31. The Morgan fingerprint density at radius 2 is 1.78 bits per heavy atom.